The fourth-order valence-corrected chi connectivity index (χ4v) is 2.42. The van der Waals surface area contributed by atoms with Crippen LogP contribution in [0.15, 0.2) is 24.3 Å². The van der Waals surface area contributed by atoms with Gasteiger partial charge in [0.05, 0.1) is 0 Å². The zero-order valence-corrected chi connectivity index (χ0v) is 12.6. The molecule has 1 rings (SSSR count). The molecule has 0 aliphatic heterocycles. The summed E-state index contributed by atoms with van der Waals surface area (Å²) >= 11 is 0. The Morgan fingerprint density at radius 1 is 1.11 bits per heavy atom. The van der Waals surface area contributed by atoms with Gasteiger partial charge in [-0.15, -0.1) is 0 Å². The summed E-state index contributed by atoms with van der Waals surface area (Å²) in [5.74, 6) is 0.237. The van der Waals surface area contributed by atoms with Crippen LogP contribution in [0.4, 0.5) is 0 Å². The normalized spacial score (nSPS) is 15.8. The van der Waals surface area contributed by atoms with Crippen LogP contribution in [0.2, 0.25) is 0 Å². The SMILES string of the molecule is CC(CO)C(c1ccc(C(C)(C)C)cc1)N(C)C. The van der Waals surface area contributed by atoms with Crippen molar-refractivity contribution in [2.45, 2.75) is 39.2 Å². The zero-order valence-electron chi connectivity index (χ0n) is 12.6. The summed E-state index contributed by atoms with van der Waals surface area (Å²) in [7, 11) is 4.13. The van der Waals surface area contributed by atoms with Crippen LogP contribution >= 0.6 is 0 Å². The first kappa shape index (κ1) is 15.2. The maximum absolute atomic E-state index is 9.37. The second-order valence-electron chi connectivity index (χ2n) is 6.44. The van der Waals surface area contributed by atoms with Crippen LogP contribution in [-0.2, 0) is 5.41 Å². The number of aliphatic hydroxyl groups excluding tert-OH is 1. The van der Waals surface area contributed by atoms with Crippen molar-refractivity contribution in [1.29, 1.82) is 0 Å². The highest BCUT2D eigenvalue weighted by Crippen LogP contribution is 2.29. The minimum Gasteiger partial charge on any atom is -0.396 e. The lowest BCUT2D eigenvalue weighted by molar-refractivity contribution is 0.145. The number of hydrogen-bond donors (Lipinski definition) is 1. The second-order valence-corrected chi connectivity index (χ2v) is 6.44. The summed E-state index contributed by atoms with van der Waals surface area (Å²) in [4.78, 5) is 2.17. The van der Waals surface area contributed by atoms with Gasteiger partial charge in [0.1, 0.15) is 0 Å². The van der Waals surface area contributed by atoms with Crippen molar-refractivity contribution < 1.29 is 5.11 Å². The maximum atomic E-state index is 9.37. The molecule has 0 aliphatic carbocycles. The largest absolute Gasteiger partial charge is 0.396 e. The third-order valence-electron chi connectivity index (χ3n) is 3.50. The monoisotopic (exact) mass is 249 g/mol. The molecule has 1 N–H and O–H groups in total. The van der Waals surface area contributed by atoms with Crippen molar-refractivity contribution >= 4 is 0 Å². The molecule has 0 saturated carbocycles. The molecule has 1 aromatic rings. The molecule has 0 radical (unpaired) electrons. The lowest BCUT2D eigenvalue weighted by Crippen LogP contribution is -2.28. The summed E-state index contributed by atoms with van der Waals surface area (Å²) in [6, 6.07) is 9.06. The third-order valence-corrected chi connectivity index (χ3v) is 3.50. The predicted octanol–water partition coefficient (Wildman–Crippen LogP) is 3.22. The molecule has 0 aliphatic rings. The van der Waals surface area contributed by atoms with Crippen LogP contribution < -0.4 is 0 Å². The van der Waals surface area contributed by atoms with E-state index < -0.39 is 0 Å². The first-order chi connectivity index (χ1) is 8.27. The van der Waals surface area contributed by atoms with E-state index in [1.807, 2.05) is 0 Å². The molecule has 2 unspecified atom stereocenters. The van der Waals surface area contributed by atoms with Gasteiger partial charge in [0.25, 0.3) is 0 Å². The predicted molar refractivity (Wildman–Crippen MR) is 77.8 cm³/mol. The molecule has 0 aromatic heterocycles. The van der Waals surface area contributed by atoms with E-state index in [-0.39, 0.29) is 24.0 Å². The van der Waals surface area contributed by atoms with Crippen molar-refractivity contribution in [3.05, 3.63) is 35.4 Å². The van der Waals surface area contributed by atoms with E-state index in [1.54, 1.807) is 0 Å². The average Bonchev–Trinajstić information content (AvgIpc) is 2.28. The van der Waals surface area contributed by atoms with Gasteiger partial charge in [0, 0.05) is 12.6 Å². The summed E-state index contributed by atoms with van der Waals surface area (Å²) in [6.07, 6.45) is 0. The molecular weight excluding hydrogens is 222 g/mol. The highest BCUT2D eigenvalue weighted by atomic mass is 16.3. The number of nitrogens with zero attached hydrogens (tertiary/aromatic N) is 1. The Balaban J connectivity index is 3.01. The summed E-state index contributed by atoms with van der Waals surface area (Å²) in [5, 5.41) is 9.37. The van der Waals surface area contributed by atoms with Gasteiger partial charge in [-0.3, -0.25) is 0 Å². The minimum atomic E-state index is 0.189. The smallest absolute Gasteiger partial charge is 0.0474 e. The van der Waals surface area contributed by atoms with Gasteiger partial charge in [0.15, 0.2) is 0 Å². The maximum Gasteiger partial charge on any atom is 0.0474 e. The van der Waals surface area contributed by atoms with E-state index in [0.717, 1.165) is 0 Å². The molecule has 18 heavy (non-hydrogen) atoms. The van der Waals surface area contributed by atoms with E-state index >= 15 is 0 Å². The molecule has 2 atom stereocenters. The van der Waals surface area contributed by atoms with Gasteiger partial charge in [-0.25, -0.2) is 0 Å². The molecule has 0 saturated heterocycles. The zero-order chi connectivity index (χ0) is 13.9. The Morgan fingerprint density at radius 2 is 1.61 bits per heavy atom. The number of hydrogen-bond acceptors (Lipinski definition) is 2. The van der Waals surface area contributed by atoms with E-state index in [4.69, 9.17) is 0 Å². The molecule has 0 amide bonds. The van der Waals surface area contributed by atoms with Crippen LogP contribution in [0.25, 0.3) is 0 Å². The van der Waals surface area contributed by atoms with Gasteiger partial charge in [-0.2, -0.15) is 0 Å². The van der Waals surface area contributed by atoms with Crippen molar-refractivity contribution in [1.82, 2.24) is 4.90 Å². The molecule has 0 bridgehead atoms. The Morgan fingerprint density at radius 3 is 1.94 bits per heavy atom. The Bertz CT molecular complexity index is 362. The number of aliphatic hydroxyl groups is 1. The molecule has 0 heterocycles. The van der Waals surface area contributed by atoms with Gasteiger partial charge in [0.2, 0.25) is 0 Å². The van der Waals surface area contributed by atoms with Crippen molar-refractivity contribution in [3.63, 3.8) is 0 Å². The topological polar surface area (TPSA) is 23.5 Å². The van der Waals surface area contributed by atoms with E-state index in [9.17, 15) is 5.11 Å². The molecule has 1 aromatic carbocycles. The fourth-order valence-electron chi connectivity index (χ4n) is 2.42. The Kier molecular flexibility index (Phi) is 4.94. The standard InChI is InChI=1S/C16H27NO/c1-12(11-18)15(17(5)6)13-7-9-14(10-8-13)16(2,3)4/h7-10,12,15,18H,11H2,1-6H3. The van der Waals surface area contributed by atoms with Crippen LogP contribution in [0.5, 0.6) is 0 Å². The molecule has 102 valence electrons. The first-order valence-corrected chi connectivity index (χ1v) is 6.65. The quantitative estimate of drug-likeness (QED) is 0.885. The molecular formula is C16H27NO. The fraction of sp³-hybridized carbons (Fsp3) is 0.625. The molecule has 0 fully saturated rings. The summed E-state index contributed by atoms with van der Waals surface area (Å²) in [5.41, 5.74) is 2.81. The van der Waals surface area contributed by atoms with Crippen LogP contribution in [0.1, 0.15) is 44.9 Å². The van der Waals surface area contributed by atoms with Crippen molar-refractivity contribution in [2.24, 2.45) is 5.92 Å². The summed E-state index contributed by atoms with van der Waals surface area (Å²) < 4.78 is 0. The van der Waals surface area contributed by atoms with Crippen molar-refractivity contribution in [2.75, 3.05) is 20.7 Å². The van der Waals surface area contributed by atoms with Gasteiger partial charge < -0.3 is 10.0 Å². The van der Waals surface area contributed by atoms with Gasteiger partial charge in [-0.1, -0.05) is 52.0 Å². The molecule has 2 heteroatoms. The first-order valence-electron chi connectivity index (χ1n) is 6.65. The molecule has 0 spiro atoms. The third kappa shape index (κ3) is 3.56. The van der Waals surface area contributed by atoms with Crippen LogP contribution in [0.3, 0.4) is 0 Å². The van der Waals surface area contributed by atoms with Gasteiger partial charge in [-0.05, 0) is 36.6 Å². The van der Waals surface area contributed by atoms with Gasteiger partial charge >= 0.3 is 0 Å². The van der Waals surface area contributed by atoms with Crippen LogP contribution in [0, 0.1) is 5.92 Å². The highest BCUT2D eigenvalue weighted by molar-refractivity contribution is 5.29. The minimum absolute atomic E-state index is 0.189. The van der Waals surface area contributed by atoms with Crippen LogP contribution in [-0.4, -0.2) is 30.7 Å². The van der Waals surface area contributed by atoms with E-state index in [2.05, 4.69) is 71.0 Å². The summed E-state index contributed by atoms with van der Waals surface area (Å²) in [6.45, 7) is 8.97. The number of rotatable bonds is 4. The van der Waals surface area contributed by atoms with E-state index in [0.29, 0.717) is 0 Å². The second kappa shape index (κ2) is 5.85. The Hall–Kier alpha value is -0.860. The van der Waals surface area contributed by atoms with Crippen molar-refractivity contribution in [3.8, 4) is 0 Å². The Labute approximate surface area is 112 Å². The number of benzene rings is 1. The lowest BCUT2D eigenvalue weighted by atomic mass is 9.85. The molecule has 2 nitrogen and oxygen atoms in total. The lowest BCUT2D eigenvalue weighted by Gasteiger charge is -2.30. The highest BCUT2D eigenvalue weighted by Gasteiger charge is 2.21. The average molecular weight is 249 g/mol. The van der Waals surface area contributed by atoms with E-state index in [1.165, 1.54) is 11.1 Å².